The second-order valence-electron chi connectivity index (χ2n) is 3.91. The lowest BCUT2D eigenvalue weighted by molar-refractivity contribution is -0.144. The minimum absolute atomic E-state index is 0.0860. The zero-order valence-electron chi connectivity index (χ0n) is 8.66. The number of amides is 1. The lowest BCUT2D eigenvalue weighted by atomic mass is 9.83. The molecule has 1 aliphatic rings. The Bertz CT molecular complexity index is 287. The molecule has 1 rings (SSSR count). The molecule has 2 atom stereocenters. The van der Waals surface area contributed by atoms with Gasteiger partial charge in [-0.3, -0.25) is 9.59 Å². The number of rotatable bonds is 3. The molecule has 84 valence electrons. The third-order valence-corrected chi connectivity index (χ3v) is 2.62. The van der Waals surface area contributed by atoms with Crippen LogP contribution in [0.4, 0.5) is 0 Å². The maximum absolute atomic E-state index is 11.2. The van der Waals surface area contributed by atoms with Crippen LogP contribution in [0.5, 0.6) is 0 Å². The van der Waals surface area contributed by atoms with Crippen LogP contribution in [-0.2, 0) is 14.4 Å². The van der Waals surface area contributed by atoms with Crippen molar-refractivity contribution in [3.05, 3.63) is 0 Å². The van der Waals surface area contributed by atoms with E-state index < -0.39 is 12.0 Å². The van der Waals surface area contributed by atoms with Crippen LogP contribution >= 0.6 is 0 Å². The largest absolute Gasteiger partial charge is 0.480 e. The van der Waals surface area contributed by atoms with E-state index in [4.69, 9.17) is 5.11 Å². The van der Waals surface area contributed by atoms with E-state index >= 15 is 0 Å². The fourth-order valence-electron chi connectivity index (χ4n) is 1.94. The van der Waals surface area contributed by atoms with Crippen LogP contribution in [-0.4, -0.2) is 28.8 Å². The summed E-state index contributed by atoms with van der Waals surface area (Å²) in [6, 6.07) is -0.924. The summed E-state index contributed by atoms with van der Waals surface area (Å²) in [5.41, 5.74) is 0. The number of nitrogens with one attached hydrogen (secondary N) is 1. The molecule has 0 radical (unpaired) electrons. The Kier molecular flexibility index (Phi) is 3.82. The highest BCUT2D eigenvalue weighted by Crippen LogP contribution is 2.24. The van der Waals surface area contributed by atoms with E-state index in [1.54, 1.807) is 0 Å². The highest BCUT2D eigenvalue weighted by Gasteiger charge is 2.32. The molecule has 1 aliphatic carbocycles. The third kappa shape index (κ3) is 3.34. The van der Waals surface area contributed by atoms with Crippen LogP contribution < -0.4 is 5.32 Å². The Labute approximate surface area is 87.8 Å². The van der Waals surface area contributed by atoms with Crippen LogP contribution in [0.25, 0.3) is 0 Å². The van der Waals surface area contributed by atoms with Gasteiger partial charge in [0.15, 0.2) is 0 Å². The zero-order valence-corrected chi connectivity index (χ0v) is 8.66. The van der Waals surface area contributed by atoms with Gasteiger partial charge in [-0.05, 0) is 18.8 Å². The summed E-state index contributed by atoms with van der Waals surface area (Å²) in [4.78, 5) is 32.9. The van der Waals surface area contributed by atoms with E-state index in [0.717, 1.165) is 0 Å². The van der Waals surface area contributed by atoms with Crippen molar-refractivity contribution < 1.29 is 19.5 Å². The van der Waals surface area contributed by atoms with E-state index in [1.807, 2.05) is 0 Å². The van der Waals surface area contributed by atoms with E-state index in [1.165, 1.54) is 6.92 Å². The van der Waals surface area contributed by atoms with Crippen molar-refractivity contribution in [2.45, 2.75) is 38.6 Å². The van der Waals surface area contributed by atoms with Crippen LogP contribution in [0.2, 0.25) is 0 Å². The van der Waals surface area contributed by atoms with Crippen LogP contribution in [0, 0.1) is 5.92 Å². The van der Waals surface area contributed by atoms with Crippen molar-refractivity contribution in [1.29, 1.82) is 0 Å². The molecule has 0 aromatic carbocycles. The van der Waals surface area contributed by atoms with Crippen molar-refractivity contribution in [1.82, 2.24) is 5.32 Å². The van der Waals surface area contributed by atoms with Crippen molar-refractivity contribution in [3.8, 4) is 0 Å². The molecule has 0 saturated heterocycles. The summed E-state index contributed by atoms with van der Waals surface area (Å²) in [5.74, 6) is -1.61. The van der Waals surface area contributed by atoms with Gasteiger partial charge in [0.25, 0.3) is 0 Å². The second-order valence-corrected chi connectivity index (χ2v) is 3.91. The Morgan fingerprint density at radius 3 is 2.67 bits per heavy atom. The fraction of sp³-hybridized carbons (Fsp3) is 0.700. The lowest BCUT2D eigenvalue weighted by Gasteiger charge is -2.26. The molecule has 1 fully saturated rings. The number of carboxylic acid groups (broad SMARTS) is 1. The van der Waals surface area contributed by atoms with Gasteiger partial charge in [0.1, 0.15) is 11.8 Å². The maximum Gasteiger partial charge on any atom is 0.326 e. The van der Waals surface area contributed by atoms with Gasteiger partial charge < -0.3 is 10.4 Å². The molecule has 0 aliphatic heterocycles. The fourth-order valence-corrected chi connectivity index (χ4v) is 1.94. The van der Waals surface area contributed by atoms with Gasteiger partial charge in [0.2, 0.25) is 5.91 Å². The van der Waals surface area contributed by atoms with E-state index in [2.05, 4.69) is 5.32 Å². The van der Waals surface area contributed by atoms with Gasteiger partial charge in [-0.2, -0.15) is 0 Å². The molecule has 0 aromatic rings. The average molecular weight is 213 g/mol. The van der Waals surface area contributed by atoms with Crippen molar-refractivity contribution in [2.24, 2.45) is 5.92 Å². The Balaban J connectivity index is 2.66. The topological polar surface area (TPSA) is 83.5 Å². The molecule has 0 aromatic heterocycles. The molecule has 1 amide bonds. The minimum atomic E-state index is -1.06. The Morgan fingerprint density at radius 1 is 1.53 bits per heavy atom. The molecular formula is C10H15NO4. The predicted molar refractivity (Wildman–Crippen MR) is 52.2 cm³/mol. The number of carbonyl (C=O) groups is 3. The molecule has 0 bridgehead atoms. The molecule has 2 N–H and O–H groups in total. The predicted octanol–water partition coefficient (Wildman–Crippen LogP) is 0.335. The second kappa shape index (κ2) is 4.91. The molecule has 15 heavy (non-hydrogen) atoms. The highest BCUT2D eigenvalue weighted by atomic mass is 16.4. The van der Waals surface area contributed by atoms with Gasteiger partial charge >= 0.3 is 5.97 Å². The monoisotopic (exact) mass is 213 g/mol. The number of carbonyl (C=O) groups excluding carboxylic acids is 2. The normalized spacial score (nSPS) is 23.3. The van der Waals surface area contributed by atoms with Gasteiger partial charge in [-0.1, -0.05) is 0 Å². The number of aliphatic carboxylic acids is 1. The number of carboxylic acids is 1. The lowest BCUT2D eigenvalue weighted by Crippen LogP contribution is -2.46. The molecule has 0 unspecified atom stereocenters. The quantitative estimate of drug-likeness (QED) is 0.707. The van der Waals surface area contributed by atoms with Gasteiger partial charge in [-0.25, -0.2) is 4.79 Å². The molecule has 1 saturated carbocycles. The van der Waals surface area contributed by atoms with Crippen LogP contribution in [0.1, 0.15) is 32.6 Å². The van der Waals surface area contributed by atoms with E-state index in [9.17, 15) is 14.4 Å². The SMILES string of the molecule is CC(=O)N[C@H](C(=O)O)[C@H]1CCCC(=O)C1. The number of hydrogen-bond acceptors (Lipinski definition) is 3. The van der Waals surface area contributed by atoms with Crippen LogP contribution in [0.15, 0.2) is 0 Å². The summed E-state index contributed by atoms with van der Waals surface area (Å²) in [6.45, 7) is 1.28. The summed E-state index contributed by atoms with van der Waals surface area (Å²) >= 11 is 0. The maximum atomic E-state index is 11.2. The van der Waals surface area contributed by atoms with Crippen molar-refractivity contribution >= 4 is 17.7 Å². The van der Waals surface area contributed by atoms with Gasteiger partial charge in [0, 0.05) is 19.8 Å². The number of ketones is 1. The summed E-state index contributed by atoms with van der Waals surface area (Å²) in [5, 5.41) is 11.3. The Morgan fingerprint density at radius 2 is 2.20 bits per heavy atom. The summed E-state index contributed by atoms with van der Waals surface area (Å²) < 4.78 is 0. The van der Waals surface area contributed by atoms with Crippen LogP contribution in [0.3, 0.4) is 0 Å². The minimum Gasteiger partial charge on any atom is -0.480 e. The van der Waals surface area contributed by atoms with Crippen molar-refractivity contribution in [3.63, 3.8) is 0 Å². The van der Waals surface area contributed by atoms with E-state index in [0.29, 0.717) is 19.3 Å². The molecule has 0 heterocycles. The standard InChI is InChI=1S/C10H15NO4/c1-6(12)11-9(10(14)15)7-3-2-4-8(13)5-7/h7,9H,2-5H2,1H3,(H,11,12)(H,14,15)/t7-,9-/m0/s1. The first-order valence-corrected chi connectivity index (χ1v) is 5.02. The van der Waals surface area contributed by atoms with Gasteiger partial charge in [-0.15, -0.1) is 0 Å². The third-order valence-electron chi connectivity index (χ3n) is 2.62. The molecular weight excluding hydrogens is 198 g/mol. The zero-order chi connectivity index (χ0) is 11.4. The first-order chi connectivity index (χ1) is 7.00. The molecule has 5 heteroatoms. The van der Waals surface area contributed by atoms with Gasteiger partial charge in [0.05, 0.1) is 0 Å². The molecule has 0 spiro atoms. The van der Waals surface area contributed by atoms with Crippen molar-refractivity contribution in [2.75, 3.05) is 0 Å². The summed E-state index contributed by atoms with van der Waals surface area (Å²) in [7, 11) is 0. The molecule has 5 nitrogen and oxygen atoms in total. The first-order valence-electron chi connectivity index (χ1n) is 5.02. The smallest absolute Gasteiger partial charge is 0.326 e. The Hall–Kier alpha value is -1.39. The summed E-state index contributed by atoms with van der Waals surface area (Å²) in [6.07, 6.45) is 2.19. The number of Topliss-reactive ketones (excluding diaryl/α,β-unsaturated/α-hetero) is 1. The van der Waals surface area contributed by atoms with E-state index in [-0.39, 0.29) is 24.0 Å². The average Bonchev–Trinajstić information content (AvgIpc) is 2.13. The highest BCUT2D eigenvalue weighted by molar-refractivity contribution is 5.84. The first kappa shape index (κ1) is 11.7. The number of hydrogen-bond donors (Lipinski definition) is 2.